The minimum Gasteiger partial charge on any atom is -0.508 e. The molecule has 3 N–H and O–H groups in total. The van der Waals surface area contributed by atoms with Gasteiger partial charge in [0.1, 0.15) is 11.5 Å². The average Bonchev–Trinajstić information content (AvgIpc) is 2.59. The summed E-state index contributed by atoms with van der Waals surface area (Å²) >= 11 is 24.8. The number of hydrogen-bond acceptors (Lipinski definition) is 4. The van der Waals surface area contributed by atoms with Gasteiger partial charge in [0.05, 0.1) is 15.1 Å². The van der Waals surface area contributed by atoms with E-state index in [2.05, 4.69) is 0 Å². The van der Waals surface area contributed by atoms with Gasteiger partial charge in [0.25, 0.3) is 10.1 Å². The van der Waals surface area contributed by atoms with Crippen LogP contribution in [0.3, 0.4) is 0 Å². The SMILES string of the molecule is O=S(=O)(O)C(c1cccc(Cl)c1)(c1cccc(Cl)c1Cl)c1c(O)cc(O)cc1Cl. The molecule has 0 bridgehead atoms. The zero-order chi connectivity index (χ0) is 21.6. The van der Waals surface area contributed by atoms with Crippen molar-refractivity contribution in [1.82, 2.24) is 0 Å². The van der Waals surface area contributed by atoms with Gasteiger partial charge < -0.3 is 10.2 Å². The summed E-state index contributed by atoms with van der Waals surface area (Å²) in [7, 11) is -5.13. The number of benzene rings is 3. The number of phenols is 2. The Balaban J connectivity index is 2.66. The number of aromatic hydroxyl groups is 2. The van der Waals surface area contributed by atoms with E-state index in [0.717, 1.165) is 12.1 Å². The van der Waals surface area contributed by atoms with Gasteiger partial charge in [-0.3, -0.25) is 4.55 Å². The highest BCUT2D eigenvalue weighted by molar-refractivity contribution is 7.87. The van der Waals surface area contributed by atoms with Gasteiger partial charge in [0.15, 0.2) is 4.75 Å². The highest BCUT2D eigenvalue weighted by Crippen LogP contribution is 2.53. The first-order valence-corrected chi connectivity index (χ1v) is 10.8. The molecule has 3 aromatic carbocycles. The topological polar surface area (TPSA) is 94.8 Å². The third-order valence-electron chi connectivity index (χ3n) is 4.36. The fourth-order valence-corrected chi connectivity index (χ4v) is 5.70. The first kappa shape index (κ1) is 22.0. The van der Waals surface area contributed by atoms with Crippen LogP contribution in [0.5, 0.6) is 11.5 Å². The lowest BCUT2D eigenvalue weighted by Crippen LogP contribution is -2.39. The van der Waals surface area contributed by atoms with E-state index >= 15 is 0 Å². The van der Waals surface area contributed by atoms with Crippen LogP contribution >= 0.6 is 46.4 Å². The van der Waals surface area contributed by atoms with Crippen molar-refractivity contribution < 1.29 is 23.2 Å². The molecule has 0 aliphatic carbocycles. The van der Waals surface area contributed by atoms with E-state index in [1.807, 2.05) is 0 Å². The third kappa shape index (κ3) is 3.65. The van der Waals surface area contributed by atoms with Crippen LogP contribution in [0.4, 0.5) is 0 Å². The van der Waals surface area contributed by atoms with Crippen molar-refractivity contribution >= 4 is 56.5 Å². The molecule has 3 rings (SSSR count). The number of hydrogen-bond donors (Lipinski definition) is 3. The summed E-state index contributed by atoms with van der Waals surface area (Å²) in [5.74, 6) is -1.10. The van der Waals surface area contributed by atoms with Crippen LogP contribution in [0.2, 0.25) is 20.1 Å². The van der Waals surface area contributed by atoms with E-state index in [9.17, 15) is 23.2 Å². The zero-order valence-electron chi connectivity index (χ0n) is 14.3. The average molecular weight is 494 g/mol. The van der Waals surface area contributed by atoms with Crippen molar-refractivity contribution in [2.24, 2.45) is 0 Å². The summed E-state index contributed by atoms with van der Waals surface area (Å²) in [5, 5.41) is 20.0. The molecular formula is C19H12Cl4O5S. The zero-order valence-corrected chi connectivity index (χ0v) is 18.1. The van der Waals surface area contributed by atoms with E-state index in [4.69, 9.17) is 46.4 Å². The molecule has 29 heavy (non-hydrogen) atoms. The molecular weight excluding hydrogens is 482 g/mol. The number of halogens is 4. The smallest absolute Gasteiger partial charge is 0.283 e. The second-order valence-corrected chi connectivity index (χ2v) is 9.28. The fourth-order valence-electron chi connectivity index (χ4n) is 3.26. The van der Waals surface area contributed by atoms with E-state index < -0.39 is 31.9 Å². The highest BCUT2D eigenvalue weighted by Gasteiger charge is 2.52. The minimum atomic E-state index is -5.13. The quantitative estimate of drug-likeness (QED) is 0.311. The second-order valence-electron chi connectivity index (χ2n) is 6.09. The van der Waals surface area contributed by atoms with Crippen LogP contribution in [0, 0.1) is 0 Å². The lowest BCUT2D eigenvalue weighted by atomic mass is 9.83. The number of phenolic OH excluding ortho intramolecular Hbond substituents is 2. The van der Waals surface area contributed by atoms with Gasteiger partial charge >= 0.3 is 0 Å². The highest BCUT2D eigenvalue weighted by atomic mass is 35.5. The molecule has 5 nitrogen and oxygen atoms in total. The predicted octanol–water partition coefficient (Wildman–Crippen LogP) is 5.89. The Morgan fingerprint density at radius 3 is 2.07 bits per heavy atom. The first-order valence-electron chi connectivity index (χ1n) is 7.89. The Morgan fingerprint density at radius 1 is 0.828 bits per heavy atom. The lowest BCUT2D eigenvalue weighted by Gasteiger charge is -2.34. The van der Waals surface area contributed by atoms with Crippen LogP contribution in [0.25, 0.3) is 0 Å². The van der Waals surface area contributed by atoms with Crippen LogP contribution in [-0.4, -0.2) is 23.2 Å². The maximum Gasteiger partial charge on any atom is 0.283 e. The molecule has 10 heteroatoms. The summed E-state index contributed by atoms with van der Waals surface area (Å²) in [4.78, 5) is 0. The molecule has 0 amide bonds. The van der Waals surface area contributed by atoms with Crippen molar-refractivity contribution in [2.45, 2.75) is 4.75 Å². The largest absolute Gasteiger partial charge is 0.508 e. The summed E-state index contributed by atoms with van der Waals surface area (Å²) < 4.78 is 34.0. The van der Waals surface area contributed by atoms with Crippen molar-refractivity contribution in [3.8, 4) is 11.5 Å². The fraction of sp³-hybridized carbons (Fsp3) is 0.0526. The van der Waals surface area contributed by atoms with Crippen molar-refractivity contribution in [2.75, 3.05) is 0 Å². The van der Waals surface area contributed by atoms with E-state index in [1.54, 1.807) is 0 Å². The minimum absolute atomic E-state index is 0.00797. The van der Waals surface area contributed by atoms with Gasteiger partial charge in [-0.15, -0.1) is 0 Å². The second kappa shape index (κ2) is 7.87. The van der Waals surface area contributed by atoms with E-state index in [1.165, 1.54) is 42.5 Å². The van der Waals surface area contributed by atoms with Gasteiger partial charge in [-0.2, -0.15) is 8.42 Å². The van der Waals surface area contributed by atoms with Crippen LogP contribution in [0.1, 0.15) is 16.7 Å². The summed E-state index contributed by atoms with van der Waals surface area (Å²) in [6.07, 6.45) is 0. The Bertz CT molecular complexity index is 1190. The van der Waals surface area contributed by atoms with Crippen LogP contribution < -0.4 is 0 Å². The van der Waals surface area contributed by atoms with Crippen LogP contribution in [-0.2, 0) is 14.9 Å². The van der Waals surface area contributed by atoms with Gasteiger partial charge in [0, 0.05) is 22.2 Å². The van der Waals surface area contributed by atoms with Crippen LogP contribution in [0.15, 0.2) is 54.6 Å². The molecule has 0 heterocycles. The van der Waals surface area contributed by atoms with Crippen molar-refractivity contribution in [3.63, 3.8) is 0 Å². The van der Waals surface area contributed by atoms with Crippen molar-refractivity contribution in [1.29, 1.82) is 0 Å². The molecule has 0 fully saturated rings. The van der Waals surface area contributed by atoms with Gasteiger partial charge in [-0.05, 0) is 29.8 Å². The van der Waals surface area contributed by atoms with Gasteiger partial charge in [-0.1, -0.05) is 70.7 Å². The number of rotatable bonds is 4. The maximum absolute atomic E-state index is 13.0. The molecule has 0 aliphatic heterocycles. The molecule has 3 aromatic rings. The lowest BCUT2D eigenvalue weighted by molar-refractivity contribution is 0.431. The molecule has 152 valence electrons. The summed E-state index contributed by atoms with van der Waals surface area (Å²) in [5.41, 5.74) is -0.648. The van der Waals surface area contributed by atoms with E-state index in [0.29, 0.717) is 0 Å². The van der Waals surface area contributed by atoms with Crippen molar-refractivity contribution in [3.05, 3.63) is 91.4 Å². The standard InChI is InChI=1S/C19H12Cl4O5S/c20-11-4-1-3-10(7-11)19(29(26,27)28,13-5-2-6-14(21)18(13)23)17-15(22)8-12(24)9-16(17)25/h1-9,24-25H,(H,26,27,28). The van der Waals surface area contributed by atoms with Gasteiger partial charge in [-0.25, -0.2) is 0 Å². The molecule has 0 aliphatic rings. The molecule has 0 aromatic heterocycles. The normalized spacial score (nSPS) is 13.8. The summed E-state index contributed by atoms with van der Waals surface area (Å²) in [6, 6.07) is 11.7. The monoisotopic (exact) mass is 492 g/mol. The molecule has 0 saturated carbocycles. The van der Waals surface area contributed by atoms with Gasteiger partial charge in [0.2, 0.25) is 0 Å². The summed E-state index contributed by atoms with van der Waals surface area (Å²) in [6.45, 7) is 0. The Labute approximate surface area is 186 Å². The Hall–Kier alpha value is -1.67. The Kier molecular flexibility index (Phi) is 5.98. The molecule has 0 saturated heterocycles. The maximum atomic E-state index is 13.0. The molecule has 1 atom stereocenters. The van der Waals surface area contributed by atoms with E-state index in [-0.39, 0.29) is 31.2 Å². The third-order valence-corrected chi connectivity index (χ3v) is 7.14. The Morgan fingerprint density at radius 2 is 1.48 bits per heavy atom. The predicted molar refractivity (Wildman–Crippen MR) is 114 cm³/mol. The molecule has 0 radical (unpaired) electrons. The molecule has 0 spiro atoms. The first-order chi connectivity index (χ1) is 13.5. The molecule has 1 unspecified atom stereocenters.